The summed E-state index contributed by atoms with van der Waals surface area (Å²) in [5.41, 5.74) is 1.20. The Bertz CT molecular complexity index is 230. The molecule has 0 saturated heterocycles. The summed E-state index contributed by atoms with van der Waals surface area (Å²) in [6.45, 7) is 2.00. The van der Waals surface area contributed by atoms with Crippen LogP contribution in [0.15, 0.2) is 16.8 Å². The van der Waals surface area contributed by atoms with Crippen molar-refractivity contribution in [3.63, 3.8) is 0 Å². The Balaban J connectivity index is 2.56. The summed E-state index contributed by atoms with van der Waals surface area (Å²) in [6.07, 6.45) is 0.429. The molecular weight excluding hydrogens is 180 g/mol. The van der Waals surface area contributed by atoms with E-state index in [-0.39, 0.29) is 11.2 Å². The quantitative estimate of drug-likeness (QED) is 0.667. The van der Waals surface area contributed by atoms with Crippen LogP contribution in [0, 0.1) is 0 Å². The third-order valence-electron chi connectivity index (χ3n) is 1.58. The zero-order valence-electron chi connectivity index (χ0n) is 6.21. The Morgan fingerprint density at radius 1 is 1.82 bits per heavy atom. The third-order valence-corrected chi connectivity index (χ3v) is 2.43. The number of carbonyl (C=O) groups excluding carboxylic acids is 1. The molecule has 0 spiro atoms. The molecule has 0 N–H and O–H groups in total. The van der Waals surface area contributed by atoms with Crippen LogP contribution in [0.3, 0.4) is 0 Å². The SMILES string of the molecule is CC(CC(=O)Cl)c1ccsc1. The molecule has 0 saturated carbocycles. The van der Waals surface area contributed by atoms with Crippen molar-refractivity contribution >= 4 is 28.2 Å². The van der Waals surface area contributed by atoms with Crippen LogP contribution in [0.2, 0.25) is 0 Å². The third kappa shape index (κ3) is 2.64. The number of rotatable bonds is 3. The zero-order chi connectivity index (χ0) is 8.27. The summed E-state index contributed by atoms with van der Waals surface area (Å²) >= 11 is 6.89. The maximum Gasteiger partial charge on any atom is 0.222 e. The van der Waals surface area contributed by atoms with E-state index in [1.165, 1.54) is 5.56 Å². The molecule has 0 bridgehead atoms. The largest absolute Gasteiger partial charge is 0.281 e. The molecule has 0 aromatic carbocycles. The smallest absolute Gasteiger partial charge is 0.222 e. The van der Waals surface area contributed by atoms with E-state index in [9.17, 15) is 4.79 Å². The van der Waals surface area contributed by atoms with E-state index in [2.05, 4.69) is 0 Å². The monoisotopic (exact) mass is 188 g/mol. The van der Waals surface area contributed by atoms with Gasteiger partial charge >= 0.3 is 0 Å². The number of hydrogen-bond donors (Lipinski definition) is 0. The van der Waals surface area contributed by atoms with E-state index < -0.39 is 0 Å². The highest BCUT2D eigenvalue weighted by atomic mass is 35.5. The van der Waals surface area contributed by atoms with Crippen molar-refractivity contribution < 1.29 is 4.79 Å². The molecule has 1 nitrogen and oxygen atoms in total. The zero-order valence-corrected chi connectivity index (χ0v) is 7.78. The maximum atomic E-state index is 10.5. The van der Waals surface area contributed by atoms with Gasteiger partial charge in [0.1, 0.15) is 0 Å². The molecule has 0 fully saturated rings. The molecule has 1 heterocycles. The van der Waals surface area contributed by atoms with Crippen molar-refractivity contribution in [3.05, 3.63) is 22.4 Å². The first-order valence-electron chi connectivity index (χ1n) is 3.40. The average Bonchev–Trinajstić information content (AvgIpc) is 2.35. The van der Waals surface area contributed by atoms with Gasteiger partial charge in [-0.2, -0.15) is 11.3 Å². The van der Waals surface area contributed by atoms with Crippen LogP contribution in [0.4, 0.5) is 0 Å². The van der Waals surface area contributed by atoms with Gasteiger partial charge in [-0.25, -0.2) is 0 Å². The summed E-state index contributed by atoms with van der Waals surface area (Å²) in [7, 11) is 0. The predicted molar refractivity (Wildman–Crippen MR) is 48.2 cm³/mol. The second kappa shape index (κ2) is 3.88. The van der Waals surface area contributed by atoms with Crippen molar-refractivity contribution in [2.24, 2.45) is 0 Å². The van der Waals surface area contributed by atoms with Crippen LogP contribution in [-0.4, -0.2) is 5.24 Å². The Labute approximate surface area is 75.0 Å². The second-order valence-electron chi connectivity index (χ2n) is 2.52. The normalized spacial score (nSPS) is 12.9. The van der Waals surface area contributed by atoms with Gasteiger partial charge in [-0.15, -0.1) is 0 Å². The predicted octanol–water partition coefficient (Wildman–Crippen LogP) is 3.01. The highest BCUT2D eigenvalue weighted by Gasteiger charge is 2.08. The highest BCUT2D eigenvalue weighted by molar-refractivity contribution is 7.08. The molecule has 11 heavy (non-hydrogen) atoms. The average molecular weight is 189 g/mol. The molecular formula is C8H9ClOS. The van der Waals surface area contributed by atoms with Gasteiger partial charge in [0, 0.05) is 6.42 Å². The first-order valence-corrected chi connectivity index (χ1v) is 4.72. The molecule has 60 valence electrons. The van der Waals surface area contributed by atoms with Gasteiger partial charge in [0.2, 0.25) is 5.24 Å². The van der Waals surface area contributed by atoms with Crippen LogP contribution in [-0.2, 0) is 4.79 Å². The summed E-state index contributed by atoms with van der Waals surface area (Å²) in [4.78, 5) is 10.5. The van der Waals surface area contributed by atoms with Crippen molar-refractivity contribution in [1.82, 2.24) is 0 Å². The van der Waals surface area contributed by atoms with Crippen LogP contribution in [0.1, 0.15) is 24.8 Å². The minimum Gasteiger partial charge on any atom is -0.281 e. The van der Waals surface area contributed by atoms with Gasteiger partial charge in [0.05, 0.1) is 0 Å². The molecule has 0 aliphatic heterocycles. The molecule has 1 aromatic rings. The van der Waals surface area contributed by atoms with E-state index in [1.54, 1.807) is 11.3 Å². The summed E-state index contributed by atoms with van der Waals surface area (Å²) < 4.78 is 0. The lowest BCUT2D eigenvalue weighted by molar-refractivity contribution is -0.111. The molecule has 3 heteroatoms. The van der Waals surface area contributed by atoms with E-state index in [4.69, 9.17) is 11.6 Å². The summed E-state index contributed by atoms with van der Waals surface area (Å²) in [5.74, 6) is 0.256. The molecule has 1 atom stereocenters. The number of thiophene rings is 1. The van der Waals surface area contributed by atoms with Gasteiger partial charge in [0.25, 0.3) is 0 Å². The molecule has 0 radical (unpaired) electrons. The van der Waals surface area contributed by atoms with Gasteiger partial charge < -0.3 is 0 Å². The summed E-state index contributed by atoms with van der Waals surface area (Å²) in [5, 5.41) is 3.79. The molecule has 1 aromatic heterocycles. The lowest BCUT2D eigenvalue weighted by atomic mass is 10.0. The van der Waals surface area contributed by atoms with Gasteiger partial charge in [0.15, 0.2) is 0 Å². The summed E-state index contributed by atoms with van der Waals surface area (Å²) in [6, 6.07) is 2.02. The van der Waals surface area contributed by atoms with Crippen molar-refractivity contribution in [1.29, 1.82) is 0 Å². The molecule has 1 unspecified atom stereocenters. The number of halogens is 1. The van der Waals surface area contributed by atoms with E-state index in [0.29, 0.717) is 6.42 Å². The van der Waals surface area contributed by atoms with E-state index >= 15 is 0 Å². The van der Waals surface area contributed by atoms with Crippen LogP contribution >= 0.6 is 22.9 Å². The first-order chi connectivity index (χ1) is 5.20. The Kier molecular flexibility index (Phi) is 3.09. The lowest BCUT2D eigenvalue weighted by Crippen LogP contribution is -1.96. The lowest BCUT2D eigenvalue weighted by Gasteiger charge is -2.04. The van der Waals surface area contributed by atoms with Gasteiger partial charge in [-0.1, -0.05) is 6.92 Å². The molecule has 0 amide bonds. The standard InChI is InChI=1S/C8H9ClOS/c1-6(4-8(9)10)7-2-3-11-5-7/h2-3,5-6H,4H2,1H3. The fourth-order valence-corrected chi connectivity index (χ4v) is 1.93. The maximum absolute atomic E-state index is 10.5. The van der Waals surface area contributed by atoms with Crippen LogP contribution in [0.5, 0.6) is 0 Å². The molecule has 0 aliphatic rings. The Morgan fingerprint density at radius 2 is 2.55 bits per heavy atom. The molecule has 0 aliphatic carbocycles. The van der Waals surface area contributed by atoms with Gasteiger partial charge in [-0.3, -0.25) is 4.79 Å². The topological polar surface area (TPSA) is 17.1 Å². The fourth-order valence-electron chi connectivity index (χ4n) is 0.914. The minimum absolute atomic E-state index is 0.256. The molecule has 1 rings (SSSR count). The van der Waals surface area contributed by atoms with Gasteiger partial charge in [-0.05, 0) is 39.9 Å². The van der Waals surface area contributed by atoms with E-state index in [1.807, 2.05) is 23.8 Å². The van der Waals surface area contributed by atoms with Crippen LogP contribution < -0.4 is 0 Å². The fraction of sp³-hybridized carbons (Fsp3) is 0.375. The van der Waals surface area contributed by atoms with Crippen molar-refractivity contribution in [2.75, 3.05) is 0 Å². The van der Waals surface area contributed by atoms with Crippen molar-refractivity contribution in [2.45, 2.75) is 19.3 Å². The second-order valence-corrected chi connectivity index (χ2v) is 3.72. The Morgan fingerprint density at radius 3 is 3.00 bits per heavy atom. The van der Waals surface area contributed by atoms with Crippen molar-refractivity contribution in [3.8, 4) is 0 Å². The van der Waals surface area contributed by atoms with Crippen LogP contribution in [0.25, 0.3) is 0 Å². The Hall–Kier alpha value is -0.340. The van der Waals surface area contributed by atoms with E-state index in [0.717, 1.165) is 0 Å². The highest BCUT2D eigenvalue weighted by Crippen LogP contribution is 2.21. The number of hydrogen-bond acceptors (Lipinski definition) is 2. The number of carbonyl (C=O) groups is 1. The minimum atomic E-state index is -0.260. The first kappa shape index (κ1) is 8.75.